The molecule has 1 atom stereocenters. The first kappa shape index (κ1) is 28.2. The predicted molar refractivity (Wildman–Crippen MR) is 139 cm³/mol. The number of hydrogen-bond donors (Lipinski definition) is 1. The third-order valence-electron chi connectivity index (χ3n) is 6.53. The Kier molecular flexibility index (Phi) is 7.68. The number of amidine groups is 1. The summed E-state index contributed by atoms with van der Waals surface area (Å²) in [5, 5.41) is 8.72. The molecule has 2 aliphatic rings. The van der Waals surface area contributed by atoms with E-state index in [4.69, 9.17) is 4.74 Å². The smallest absolute Gasteiger partial charge is 0.383 e. The SMILES string of the molecule is COCC1CN(C2=NC(=O)/C(=C/c3ccc4c(cnn4Cc4ccc(C(F)(F)F)cc4C(F)(F)F)c3)S2)CCN1. The number of halogens is 6. The zero-order valence-electron chi connectivity index (χ0n) is 21.0. The number of nitrogens with one attached hydrogen (secondary N) is 1. The molecular formula is C26H23F6N5O2S. The van der Waals surface area contributed by atoms with Gasteiger partial charge in [0.15, 0.2) is 5.17 Å². The highest BCUT2D eigenvalue weighted by molar-refractivity contribution is 8.18. The summed E-state index contributed by atoms with van der Waals surface area (Å²) in [6, 6.07) is 6.77. The van der Waals surface area contributed by atoms with Gasteiger partial charge in [-0.1, -0.05) is 12.1 Å². The molecule has 1 saturated heterocycles. The summed E-state index contributed by atoms with van der Waals surface area (Å²) in [6.45, 7) is 2.25. The molecule has 1 fully saturated rings. The predicted octanol–water partition coefficient (Wildman–Crippen LogP) is 5.01. The van der Waals surface area contributed by atoms with E-state index in [9.17, 15) is 31.1 Å². The highest BCUT2D eigenvalue weighted by atomic mass is 32.2. The maximum absolute atomic E-state index is 13.6. The monoisotopic (exact) mass is 583 g/mol. The molecule has 0 bridgehead atoms. The van der Waals surface area contributed by atoms with Crippen LogP contribution in [0.4, 0.5) is 26.3 Å². The molecule has 3 aromatic rings. The summed E-state index contributed by atoms with van der Waals surface area (Å²) in [4.78, 5) is 19.3. The Labute approximate surface area is 228 Å². The number of fused-ring (bicyclic) bond motifs is 1. The molecule has 5 rings (SSSR count). The molecule has 0 radical (unpaired) electrons. The van der Waals surface area contributed by atoms with Gasteiger partial charge in [-0.05, 0) is 53.2 Å². The van der Waals surface area contributed by atoms with Crippen molar-refractivity contribution in [1.82, 2.24) is 20.0 Å². The first-order valence-corrected chi connectivity index (χ1v) is 13.0. The van der Waals surface area contributed by atoms with Crippen LogP contribution in [0, 0.1) is 0 Å². The molecule has 1 N–H and O–H groups in total. The molecule has 7 nitrogen and oxygen atoms in total. The molecule has 1 unspecified atom stereocenters. The second kappa shape index (κ2) is 10.9. The van der Waals surface area contributed by atoms with Gasteiger partial charge in [0.25, 0.3) is 5.91 Å². The van der Waals surface area contributed by atoms with Gasteiger partial charge in [0.2, 0.25) is 0 Å². The number of rotatable bonds is 5. The lowest BCUT2D eigenvalue weighted by molar-refractivity contribution is -0.143. The summed E-state index contributed by atoms with van der Waals surface area (Å²) in [6.07, 6.45) is -6.73. The van der Waals surface area contributed by atoms with Crippen molar-refractivity contribution < 1.29 is 35.9 Å². The van der Waals surface area contributed by atoms with Crippen molar-refractivity contribution in [2.24, 2.45) is 4.99 Å². The Hall–Kier alpha value is -3.36. The third-order valence-corrected chi connectivity index (χ3v) is 7.57. The van der Waals surface area contributed by atoms with Crippen molar-refractivity contribution in [3.63, 3.8) is 0 Å². The number of carbonyl (C=O) groups is 1. The van der Waals surface area contributed by atoms with Gasteiger partial charge in [0, 0.05) is 38.2 Å². The van der Waals surface area contributed by atoms with E-state index in [0.29, 0.717) is 52.3 Å². The normalized spacial score (nSPS) is 19.6. The second-order valence-electron chi connectivity index (χ2n) is 9.35. The van der Waals surface area contributed by atoms with Crippen molar-refractivity contribution in [1.29, 1.82) is 0 Å². The van der Waals surface area contributed by atoms with Crippen molar-refractivity contribution in [3.8, 4) is 0 Å². The summed E-state index contributed by atoms with van der Waals surface area (Å²) in [5.74, 6) is -0.361. The van der Waals surface area contributed by atoms with E-state index in [2.05, 4.69) is 15.4 Å². The molecular weight excluding hydrogens is 560 g/mol. The fourth-order valence-electron chi connectivity index (χ4n) is 4.63. The first-order valence-electron chi connectivity index (χ1n) is 12.1. The lowest BCUT2D eigenvalue weighted by Crippen LogP contribution is -2.53. The Morgan fingerprint density at radius 2 is 1.93 bits per heavy atom. The number of alkyl halides is 6. The molecule has 3 heterocycles. The van der Waals surface area contributed by atoms with Crippen molar-refractivity contribution >= 4 is 39.8 Å². The lowest BCUT2D eigenvalue weighted by atomic mass is 10.0. The largest absolute Gasteiger partial charge is 0.416 e. The number of piperazine rings is 1. The average Bonchev–Trinajstić information content (AvgIpc) is 3.46. The number of ether oxygens (including phenoxy) is 1. The standard InChI is InChI=1S/C26H23F6N5O2S/c1-39-14-19-13-36(7-6-33-19)24-35-23(38)22(40-24)9-15-2-5-21-17(8-15)11-34-37(21)12-16-3-4-18(25(27,28)29)10-20(16)26(30,31)32/h2-5,8-11,19,33H,6-7,12-14H2,1H3/b22-9-. The van der Waals surface area contributed by atoms with E-state index < -0.39 is 23.5 Å². The van der Waals surface area contributed by atoms with Crippen LogP contribution in [0.2, 0.25) is 0 Å². The van der Waals surface area contributed by atoms with Gasteiger partial charge in [-0.15, -0.1) is 0 Å². The topological polar surface area (TPSA) is 71.8 Å². The number of carbonyl (C=O) groups excluding carboxylic acids is 1. The van der Waals surface area contributed by atoms with E-state index in [0.717, 1.165) is 12.6 Å². The van der Waals surface area contributed by atoms with Crippen LogP contribution >= 0.6 is 11.8 Å². The molecule has 1 aromatic heterocycles. The van der Waals surface area contributed by atoms with E-state index >= 15 is 0 Å². The minimum Gasteiger partial charge on any atom is -0.383 e. The van der Waals surface area contributed by atoms with E-state index in [1.807, 2.05) is 4.90 Å². The van der Waals surface area contributed by atoms with Crippen LogP contribution in [0.25, 0.3) is 17.0 Å². The van der Waals surface area contributed by atoms with Gasteiger partial charge >= 0.3 is 12.4 Å². The molecule has 0 saturated carbocycles. The van der Waals surface area contributed by atoms with E-state index in [1.165, 1.54) is 22.6 Å². The number of hydrogen-bond acceptors (Lipinski definition) is 6. The minimum absolute atomic E-state index is 0.121. The molecule has 0 aliphatic carbocycles. The summed E-state index contributed by atoms with van der Waals surface area (Å²) in [7, 11) is 1.63. The van der Waals surface area contributed by atoms with Crippen LogP contribution in [0.3, 0.4) is 0 Å². The van der Waals surface area contributed by atoms with Crippen LogP contribution in [0.1, 0.15) is 22.3 Å². The maximum Gasteiger partial charge on any atom is 0.416 e. The number of thioether (sulfide) groups is 1. The summed E-state index contributed by atoms with van der Waals surface area (Å²) < 4.78 is 86.3. The highest BCUT2D eigenvalue weighted by Crippen LogP contribution is 2.38. The minimum atomic E-state index is -4.97. The molecule has 14 heteroatoms. The molecule has 2 aliphatic heterocycles. The number of amides is 1. The molecule has 1 amide bonds. The molecule has 2 aromatic carbocycles. The lowest BCUT2D eigenvalue weighted by Gasteiger charge is -2.34. The van der Waals surface area contributed by atoms with E-state index in [-0.39, 0.29) is 30.1 Å². The van der Waals surface area contributed by atoms with Crippen LogP contribution in [-0.2, 0) is 28.4 Å². The highest BCUT2D eigenvalue weighted by Gasteiger charge is 2.38. The number of methoxy groups -OCH3 is 1. The molecule has 212 valence electrons. The van der Waals surface area contributed by atoms with Crippen LogP contribution < -0.4 is 5.32 Å². The zero-order chi connectivity index (χ0) is 28.7. The Morgan fingerprint density at radius 3 is 2.65 bits per heavy atom. The maximum atomic E-state index is 13.6. The first-order chi connectivity index (χ1) is 18.9. The number of nitrogens with zero attached hydrogens (tertiary/aromatic N) is 4. The summed E-state index contributed by atoms with van der Waals surface area (Å²) >= 11 is 1.27. The molecule has 0 spiro atoms. The quantitative estimate of drug-likeness (QED) is 0.337. The third kappa shape index (κ3) is 6.03. The van der Waals surface area contributed by atoms with Gasteiger partial charge < -0.3 is 15.0 Å². The zero-order valence-corrected chi connectivity index (χ0v) is 21.8. The fraction of sp³-hybridized carbons (Fsp3) is 0.346. The second-order valence-corrected chi connectivity index (χ2v) is 10.4. The van der Waals surface area contributed by atoms with Crippen molar-refractivity contribution in [3.05, 3.63) is 69.8 Å². The molecule has 40 heavy (non-hydrogen) atoms. The van der Waals surface area contributed by atoms with Crippen LogP contribution in [0.5, 0.6) is 0 Å². The van der Waals surface area contributed by atoms with Gasteiger partial charge in [-0.3, -0.25) is 9.48 Å². The van der Waals surface area contributed by atoms with Crippen LogP contribution in [0.15, 0.2) is 52.5 Å². The van der Waals surface area contributed by atoms with Crippen molar-refractivity contribution in [2.75, 3.05) is 33.4 Å². The van der Waals surface area contributed by atoms with E-state index in [1.54, 1.807) is 31.4 Å². The summed E-state index contributed by atoms with van der Waals surface area (Å²) in [5.41, 5.74) is -1.91. The number of aromatic nitrogens is 2. The Morgan fingerprint density at radius 1 is 1.12 bits per heavy atom. The van der Waals surface area contributed by atoms with Gasteiger partial charge in [0.1, 0.15) is 0 Å². The van der Waals surface area contributed by atoms with Gasteiger partial charge in [0.05, 0.1) is 40.9 Å². The number of aliphatic imine (C=N–C) groups is 1. The van der Waals surface area contributed by atoms with Crippen LogP contribution in [-0.4, -0.2) is 65.1 Å². The average molecular weight is 584 g/mol. The fourth-order valence-corrected chi connectivity index (χ4v) is 5.58. The Bertz CT molecular complexity index is 1490. The van der Waals surface area contributed by atoms with Gasteiger partial charge in [-0.2, -0.15) is 36.4 Å². The van der Waals surface area contributed by atoms with Crippen molar-refractivity contribution in [2.45, 2.75) is 24.9 Å². The van der Waals surface area contributed by atoms with Gasteiger partial charge in [-0.25, -0.2) is 0 Å². The Balaban J connectivity index is 1.35. The number of benzene rings is 2.